The van der Waals surface area contributed by atoms with Gasteiger partial charge in [0.2, 0.25) is 0 Å². The number of nitrogens with zero attached hydrogens (tertiary/aromatic N) is 1. The van der Waals surface area contributed by atoms with Gasteiger partial charge in [0.25, 0.3) is 11.8 Å². The second-order valence-electron chi connectivity index (χ2n) is 5.99. The van der Waals surface area contributed by atoms with E-state index in [1.807, 2.05) is 33.8 Å². The fraction of sp³-hybridized carbons (Fsp3) is 0.444. The lowest BCUT2D eigenvalue weighted by Gasteiger charge is -2.35. The number of carbonyl (C=O) groups is 2. The van der Waals surface area contributed by atoms with Crippen LogP contribution in [0, 0.1) is 11.8 Å². The van der Waals surface area contributed by atoms with Crippen LogP contribution in [-0.2, 0) is 4.79 Å². The van der Waals surface area contributed by atoms with Crippen molar-refractivity contribution < 1.29 is 9.59 Å². The van der Waals surface area contributed by atoms with Gasteiger partial charge in [0, 0.05) is 12.0 Å². The zero-order chi connectivity index (χ0) is 16.6. The third-order valence-corrected chi connectivity index (χ3v) is 2.88. The van der Waals surface area contributed by atoms with Crippen LogP contribution in [0.1, 0.15) is 57.3 Å². The highest BCUT2D eigenvalue weighted by Crippen LogP contribution is 2.15. The Morgan fingerprint density at radius 2 is 1.77 bits per heavy atom. The largest absolute Gasteiger partial charge is 0.272 e. The maximum Gasteiger partial charge on any atom is 0.272 e. The van der Waals surface area contributed by atoms with Gasteiger partial charge in [-0.1, -0.05) is 31.0 Å². The summed E-state index contributed by atoms with van der Waals surface area (Å²) in [5, 5.41) is 1.37. The summed E-state index contributed by atoms with van der Waals surface area (Å²) < 4.78 is 0. The highest BCUT2D eigenvalue weighted by Gasteiger charge is 2.28. The van der Waals surface area contributed by atoms with Crippen molar-refractivity contribution >= 4 is 11.8 Å². The van der Waals surface area contributed by atoms with Gasteiger partial charge in [-0.3, -0.25) is 15.0 Å². The summed E-state index contributed by atoms with van der Waals surface area (Å²) in [4.78, 5) is 24.6. The van der Waals surface area contributed by atoms with Crippen molar-refractivity contribution in [2.24, 2.45) is 0 Å². The summed E-state index contributed by atoms with van der Waals surface area (Å²) in [5.41, 5.74) is 2.68. The van der Waals surface area contributed by atoms with Crippen LogP contribution in [-0.4, -0.2) is 22.4 Å². The number of carbonyl (C=O) groups excluding carboxylic acids is 2. The summed E-state index contributed by atoms with van der Waals surface area (Å²) in [5.74, 6) is 5.24. The fourth-order valence-corrected chi connectivity index (χ4v) is 1.75. The number of hydrazine groups is 1. The Morgan fingerprint density at radius 3 is 2.32 bits per heavy atom. The molecular formula is C18H24N2O2. The van der Waals surface area contributed by atoms with Crippen LogP contribution in [0.3, 0.4) is 0 Å². The van der Waals surface area contributed by atoms with E-state index in [1.54, 1.807) is 24.3 Å². The zero-order valence-corrected chi connectivity index (χ0v) is 13.8. The molecule has 1 aromatic carbocycles. The summed E-state index contributed by atoms with van der Waals surface area (Å²) in [6, 6.07) is 8.90. The molecule has 0 saturated carbocycles. The lowest BCUT2D eigenvalue weighted by atomic mass is 10.1. The van der Waals surface area contributed by atoms with Crippen LogP contribution in [0.4, 0.5) is 0 Å². The molecule has 4 nitrogen and oxygen atoms in total. The quantitative estimate of drug-likeness (QED) is 0.688. The zero-order valence-electron chi connectivity index (χ0n) is 13.8. The molecule has 118 valence electrons. The summed E-state index contributed by atoms with van der Waals surface area (Å²) in [7, 11) is 0. The van der Waals surface area contributed by atoms with Crippen molar-refractivity contribution in [1.29, 1.82) is 0 Å². The molecule has 0 saturated heterocycles. The first-order chi connectivity index (χ1) is 10.4. The molecule has 0 fully saturated rings. The second-order valence-corrected chi connectivity index (χ2v) is 5.99. The molecule has 22 heavy (non-hydrogen) atoms. The van der Waals surface area contributed by atoms with Gasteiger partial charge in [0.1, 0.15) is 0 Å². The molecule has 0 aromatic heterocycles. The van der Waals surface area contributed by atoms with Crippen LogP contribution in [0.25, 0.3) is 0 Å². The molecule has 0 heterocycles. The molecule has 2 amide bonds. The highest BCUT2D eigenvalue weighted by atomic mass is 16.2. The number of hydrogen-bond acceptors (Lipinski definition) is 2. The third kappa shape index (κ3) is 5.61. The molecule has 0 spiro atoms. The van der Waals surface area contributed by atoms with E-state index in [4.69, 9.17) is 0 Å². The summed E-state index contributed by atoms with van der Waals surface area (Å²) >= 11 is 0. The number of rotatable bonds is 3. The van der Waals surface area contributed by atoms with Gasteiger partial charge in [-0.2, -0.15) is 0 Å². The Kier molecular flexibility index (Phi) is 6.65. The van der Waals surface area contributed by atoms with Crippen molar-refractivity contribution in [2.75, 3.05) is 0 Å². The lowest BCUT2D eigenvalue weighted by Crippen LogP contribution is -2.55. The van der Waals surface area contributed by atoms with Gasteiger partial charge >= 0.3 is 0 Å². The van der Waals surface area contributed by atoms with Crippen LogP contribution < -0.4 is 5.43 Å². The number of hydrogen-bond donors (Lipinski definition) is 1. The molecule has 0 atom stereocenters. The first-order valence-electron chi connectivity index (χ1n) is 7.51. The van der Waals surface area contributed by atoms with Crippen LogP contribution in [0.2, 0.25) is 0 Å². The van der Waals surface area contributed by atoms with E-state index >= 15 is 0 Å². The van der Waals surface area contributed by atoms with Gasteiger partial charge in [0.05, 0.1) is 12.0 Å². The van der Waals surface area contributed by atoms with Crippen molar-refractivity contribution in [3.8, 4) is 11.8 Å². The molecule has 0 radical (unpaired) electrons. The standard InChI is InChI=1S/C18H24N2O2/c1-5-6-7-11-14-16(21)19-20(18(2,3)4)17(22)15-12-9-8-10-13-15/h8-10,12-13H,5-6,14H2,1-4H3,(H,19,21). The Morgan fingerprint density at radius 1 is 1.14 bits per heavy atom. The van der Waals surface area contributed by atoms with E-state index in [1.165, 1.54) is 5.01 Å². The normalized spacial score (nSPS) is 10.4. The Balaban J connectivity index is 2.81. The van der Waals surface area contributed by atoms with E-state index in [0.29, 0.717) is 5.56 Å². The third-order valence-electron chi connectivity index (χ3n) is 2.88. The lowest BCUT2D eigenvalue weighted by molar-refractivity contribution is -0.125. The smallest absolute Gasteiger partial charge is 0.272 e. The first kappa shape index (κ1) is 17.8. The van der Waals surface area contributed by atoms with E-state index in [2.05, 4.69) is 17.3 Å². The minimum absolute atomic E-state index is 0.0919. The molecule has 0 bridgehead atoms. The Hall–Kier alpha value is -2.28. The topological polar surface area (TPSA) is 49.4 Å². The molecule has 1 aromatic rings. The van der Waals surface area contributed by atoms with Crippen molar-refractivity contribution in [3.05, 3.63) is 35.9 Å². The van der Waals surface area contributed by atoms with Crippen molar-refractivity contribution in [2.45, 2.75) is 52.5 Å². The van der Waals surface area contributed by atoms with E-state index in [-0.39, 0.29) is 18.2 Å². The SMILES string of the molecule is CCCC#CCC(=O)NN(C(=O)c1ccccc1)C(C)(C)C. The Labute approximate surface area is 132 Å². The van der Waals surface area contributed by atoms with Gasteiger partial charge in [0.15, 0.2) is 0 Å². The Bertz CT molecular complexity index is 562. The maximum atomic E-state index is 12.6. The second kappa shape index (κ2) is 8.23. The predicted molar refractivity (Wildman–Crippen MR) is 87.8 cm³/mol. The fourth-order valence-electron chi connectivity index (χ4n) is 1.75. The summed E-state index contributed by atoms with van der Waals surface area (Å²) in [6.45, 7) is 7.65. The van der Waals surface area contributed by atoms with Gasteiger partial charge < -0.3 is 0 Å². The number of unbranched alkanes of at least 4 members (excludes halogenated alkanes) is 1. The number of nitrogens with one attached hydrogen (secondary N) is 1. The maximum absolute atomic E-state index is 12.6. The number of benzene rings is 1. The molecule has 0 aliphatic carbocycles. The molecule has 1 N–H and O–H groups in total. The van der Waals surface area contributed by atoms with Crippen molar-refractivity contribution in [3.63, 3.8) is 0 Å². The average Bonchev–Trinajstić information content (AvgIpc) is 2.48. The first-order valence-corrected chi connectivity index (χ1v) is 7.51. The minimum Gasteiger partial charge on any atom is -0.272 e. The number of amides is 2. The average molecular weight is 300 g/mol. The van der Waals surface area contributed by atoms with Gasteiger partial charge in [-0.25, -0.2) is 5.01 Å². The predicted octanol–water partition coefficient (Wildman–Crippen LogP) is 3.15. The van der Waals surface area contributed by atoms with Crippen LogP contribution in [0.15, 0.2) is 30.3 Å². The molecule has 1 rings (SSSR count). The van der Waals surface area contributed by atoms with Gasteiger partial charge in [-0.15, -0.1) is 5.92 Å². The summed E-state index contributed by atoms with van der Waals surface area (Å²) in [6.07, 6.45) is 1.84. The molecule has 4 heteroatoms. The highest BCUT2D eigenvalue weighted by molar-refractivity contribution is 5.96. The van der Waals surface area contributed by atoms with Gasteiger partial charge in [-0.05, 0) is 39.3 Å². The monoisotopic (exact) mass is 300 g/mol. The van der Waals surface area contributed by atoms with E-state index in [9.17, 15) is 9.59 Å². The molecule has 0 aliphatic rings. The van der Waals surface area contributed by atoms with Crippen LogP contribution >= 0.6 is 0 Å². The molecule has 0 unspecified atom stereocenters. The van der Waals surface area contributed by atoms with Crippen LogP contribution in [0.5, 0.6) is 0 Å². The minimum atomic E-state index is -0.528. The van der Waals surface area contributed by atoms with Crippen molar-refractivity contribution in [1.82, 2.24) is 10.4 Å². The molecular weight excluding hydrogens is 276 g/mol. The van der Waals surface area contributed by atoms with E-state index in [0.717, 1.165) is 12.8 Å². The van der Waals surface area contributed by atoms with E-state index < -0.39 is 5.54 Å². The molecule has 0 aliphatic heterocycles.